The Morgan fingerprint density at radius 1 is 1.35 bits per heavy atom. The molecule has 1 aliphatic carbocycles. The number of hydrogen-bond donors (Lipinski definition) is 2. The van der Waals surface area contributed by atoms with Crippen molar-refractivity contribution in [2.75, 3.05) is 13.1 Å². The lowest BCUT2D eigenvalue weighted by Gasteiger charge is -2.25. The zero-order valence-electron chi connectivity index (χ0n) is 14.1. The van der Waals surface area contributed by atoms with Gasteiger partial charge in [0.15, 0.2) is 0 Å². The second kappa shape index (κ2) is 6.71. The number of rotatable bonds is 6. The van der Waals surface area contributed by atoms with Crippen molar-refractivity contribution in [1.82, 2.24) is 14.9 Å². The van der Waals surface area contributed by atoms with Gasteiger partial charge in [0.2, 0.25) is 5.91 Å². The summed E-state index contributed by atoms with van der Waals surface area (Å²) in [4.78, 5) is 16.8. The first kappa shape index (κ1) is 16.0. The van der Waals surface area contributed by atoms with Crippen molar-refractivity contribution in [3.63, 3.8) is 0 Å². The van der Waals surface area contributed by atoms with Crippen LogP contribution in [0.25, 0.3) is 11.0 Å². The van der Waals surface area contributed by atoms with Crippen LogP contribution in [0.3, 0.4) is 0 Å². The van der Waals surface area contributed by atoms with Crippen molar-refractivity contribution in [1.29, 1.82) is 0 Å². The van der Waals surface area contributed by atoms with Gasteiger partial charge in [-0.15, -0.1) is 0 Å². The van der Waals surface area contributed by atoms with Gasteiger partial charge in [-0.05, 0) is 49.9 Å². The topological polar surface area (TPSA) is 72.9 Å². The van der Waals surface area contributed by atoms with Gasteiger partial charge >= 0.3 is 0 Å². The second-order valence-electron chi connectivity index (χ2n) is 6.56. The van der Waals surface area contributed by atoms with Gasteiger partial charge in [-0.2, -0.15) is 0 Å². The first-order valence-electron chi connectivity index (χ1n) is 8.54. The van der Waals surface area contributed by atoms with E-state index in [1.807, 2.05) is 0 Å². The Hall–Kier alpha value is -1.88. The Morgan fingerprint density at radius 2 is 2.09 bits per heavy atom. The molecule has 124 valence electrons. The number of amides is 1. The van der Waals surface area contributed by atoms with Crippen LogP contribution in [0.15, 0.2) is 12.1 Å². The third-order valence-corrected chi connectivity index (χ3v) is 4.89. The summed E-state index contributed by atoms with van der Waals surface area (Å²) >= 11 is 0. The summed E-state index contributed by atoms with van der Waals surface area (Å²) in [6, 6.07) is 4.37. The van der Waals surface area contributed by atoms with E-state index in [2.05, 4.69) is 35.9 Å². The number of fused-ring (bicyclic) bond motifs is 1. The van der Waals surface area contributed by atoms with Gasteiger partial charge in [-0.1, -0.05) is 6.42 Å². The maximum Gasteiger partial charge on any atom is 0.221 e. The number of nitrogens with one attached hydrogen (secondary N) is 1. The lowest BCUT2D eigenvalue weighted by molar-refractivity contribution is -0.121. The molecule has 0 atom stereocenters. The Bertz CT molecular complexity index is 715. The normalized spacial score (nSPS) is 14.9. The summed E-state index contributed by atoms with van der Waals surface area (Å²) in [6.45, 7) is 5.95. The van der Waals surface area contributed by atoms with Crippen molar-refractivity contribution < 1.29 is 4.79 Å². The maximum absolute atomic E-state index is 11.9. The highest BCUT2D eigenvalue weighted by atomic mass is 16.1. The van der Waals surface area contributed by atoms with Crippen LogP contribution in [-0.4, -0.2) is 28.5 Å². The fraction of sp³-hybridized carbons (Fsp3) is 0.556. The zero-order chi connectivity index (χ0) is 16.4. The highest BCUT2D eigenvalue weighted by molar-refractivity contribution is 5.79. The summed E-state index contributed by atoms with van der Waals surface area (Å²) in [6.07, 6.45) is 4.17. The summed E-state index contributed by atoms with van der Waals surface area (Å²) in [7, 11) is 0. The number of hydrogen-bond acceptors (Lipinski definition) is 3. The van der Waals surface area contributed by atoms with Gasteiger partial charge in [-0.25, -0.2) is 4.98 Å². The molecular weight excluding hydrogens is 288 g/mol. The van der Waals surface area contributed by atoms with Crippen LogP contribution >= 0.6 is 0 Å². The molecule has 0 aliphatic heterocycles. The van der Waals surface area contributed by atoms with Crippen LogP contribution in [0, 0.1) is 13.8 Å². The molecule has 0 saturated heterocycles. The van der Waals surface area contributed by atoms with Crippen LogP contribution in [0.2, 0.25) is 0 Å². The van der Waals surface area contributed by atoms with E-state index in [-0.39, 0.29) is 5.91 Å². The molecule has 0 spiro atoms. The lowest BCUT2D eigenvalue weighted by atomic mass is 9.85. The van der Waals surface area contributed by atoms with E-state index in [4.69, 9.17) is 10.7 Å². The largest absolute Gasteiger partial charge is 0.355 e. The SMILES string of the molecule is Cc1cc2nc(C3CCC3)n(CCC(=O)NCCN)c2cc1C. The van der Waals surface area contributed by atoms with E-state index in [1.54, 1.807) is 0 Å². The Kier molecular flexibility index (Phi) is 4.66. The minimum absolute atomic E-state index is 0.0562. The molecule has 5 nitrogen and oxygen atoms in total. The Balaban J connectivity index is 1.89. The molecule has 1 amide bonds. The third kappa shape index (κ3) is 3.24. The maximum atomic E-state index is 11.9. The molecule has 1 aromatic heterocycles. The molecule has 3 N–H and O–H groups in total. The molecule has 1 fully saturated rings. The smallest absolute Gasteiger partial charge is 0.221 e. The minimum Gasteiger partial charge on any atom is -0.355 e. The van der Waals surface area contributed by atoms with Crippen LogP contribution in [0.4, 0.5) is 0 Å². The molecule has 1 aliphatic rings. The summed E-state index contributed by atoms with van der Waals surface area (Å²) in [5.41, 5.74) is 10.2. The van der Waals surface area contributed by atoms with E-state index >= 15 is 0 Å². The van der Waals surface area contributed by atoms with Crippen LogP contribution in [0.5, 0.6) is 0 Å². The number of benzene rings is 1. The predicted octanol–water partition coefficient (Wildman–Crippen LogP) is 2.39. The number of nitrogens with two attached hydrogens (primary N) is 1. The van der Waals surface area contributed by atoms with Gasteiger partial charge < -0.3 is 15.6 Å². The number of carbonyl (C=O) groups excluding carboxylic acids is 1. The number of imidazole rings is 1. The Labute approximate surface area is 137 Å². The predicted molar refractivity (Wildman–Crippen MR) is 92.5 cm³/mol. The first-order chi connectivity index (χ1) is 11.1. The number of aryl methyl sites for hydroxylation is 3. The van der Waals surface area contributed by atoms with E-state index in [0.717, 1.165) is 16.9 Å². The molecule has 1 aromatic carbocycles. The average Bonchev–Trinajstić information content (AvgIpc) is 2.79. The zero-order valence-corrected chi connectivity index (χ0v) is 14.1. The van der Waals surface area contributed by atoms with Crippen molar-refractivity contribution in [2.24, 2.45) is 5.73 Å². The molecule has 23 heavy (non-hydrogen) atoms. The summed E-state index contributed by atoms with van der Waals surface area (Å²) in [5.74, 6) is 1.76. The second-order valence-corrected chi connectivity index (χ2v) is 6.56. The third-order valence-electron chi connectivity index (χ3n) is 4.89. The van der Waals surface area contributed by atoms with Crippen LogP contribution < -0.4 is 11.1 Å². The van der Waals surface area contributed by atoms with Gasteiger partial charge in [0.05, 0.1) is 11.0 Å². The molecule has 1 heterocycles. The molecule has 2 aromatic rings. The van der Waals surface area contributed by atoms with Crippen LogP contribution in [0.1, 0.15) is 48.6 Å². The highest BCUT2D eigenvalue weighted by Gasteiger charge is 2.26. The van der Waals surface area contributed by atoms with E-state index < -0.39 is 0 Å². The minimum atomic E-state index is 0.0562. The van der Waals surface area contributed by atoms with E-state index in [9.17, 15) is 4.79 Å². The number of carbonyl (C=O) groups is 1. The van der Waals surface area contributed by atoms with Gasteiger partial charge in [0.1, 0.15) is 5.82 Å². The van der Waals surface area contributed by atoms with Crippen molar-refractivity contribution in [3.05, 3.63) is 29.1 Å². The average molecular weight is 314 g/mol. The van der Waals surface area contributed by atoms with Crippen molar-refractivity contribution >= 4 is 16.9 Å². The van der Waals surface area contributed by atoms with Gasteiger partial charge in [0, 0.05) is 32.0 Å². The quantitative estimate of drug-likeness (QED) is 0.860. The summed E-state index contributed by atoms with van der Waals surface area (Å²) in [5, 5.41) is 2.84. The fourth-order valence-corrected chi connectivity index (χ4v) is 3.13. The molecule has 5 heteroatoms. The number of aromatic nitrogens is 2. The van der Waals surface area contributed by atoms with E-state index in [0.29, 0.717) is 32.0 Å². The van der Waals surface area contributed by atoms with Gasteiger partial charge in [-0.3, -0.25) is 4.79 Å². The standard InChI is InChI=1S/C18H26N4O/c1-12-10-15-16(11-13(12)2)22(9-6-17(23)20-8-7-19)18(21-15)14-4-3-5-14/h10-11,14H,3-9,19H2,1-2H3,(H,20,23). The molecule has 0 bridgehead atoms. The molecule has 3 rings (SSSR count). The fourth-order valence-electron chi connectivity index (χ4n) is 3.13. The molecule has 0 radical (unpaired) electrons. The lowest BCUT2D eigenvalue weighted by Crippen LogP contribution is -2.30. The number of nitrogens with zero attached hydrogens (tertiary/aromatic N) is 2. The van der Waals surface area contributed by atoms with Gasteiger partial charge in [0.25, 0.3) is 0 Å². The highest BCUT2D eigenvalue weighted by Crippen LogP contribution is 2.37. The molecule has 0 unspecified atom stereocenters. The first-order valence-corrected chi connectivity index (χ1v) is 8.54. The Morgan fingerprint density at radius 3 is 2.74 bits per heavy atom. The molecular formula is C18H26N4O. The van der Waals surface area contributed by atoms with E-state index in [1.165, 1.54) is 30.4 Å². The van der Waals surface area contributed by atoms with Crippen molar-refractivity contribution in [3.8, 4) is 0 Å². The summed E-state index contributed by atoms with van der Waals surface area (Å²) < 4.78 is 2.26. The van der Waals surface area contributed by atoms with Crippen LogP contribution in [-0.2, 0) is 11.3 Å². The molecule has 1 saturated carbocycles. The monoisotopic (exact) mass is 314 g/mol. The van der Waals surface area contributed by atoms with Crippen molar-refractivity contribution in [2.45, 2.75) is 52.0 Å².